The second-order valence-electron chi connectivity index (χ2n) is 11.7. The van der Waals surface area contributed by atoms with Gasteiger partial charge in [0.2, 0.25) is 0 Å². The van der Waals surface area contributed by atoms with Gasteiger partial charge in [-0.1, -0.05) is 102 Å². The lowest BCUT2D eigenvalue weighted by Gasteiger charge is -2.16. The first kappa shape index (κ1) is 27.6. The normalized spacial score (nSPS) is 11.4. The van der Waals surface area contributed by atoms with Crippen molar-refractivity contribution < 1.29 is 4.39 Å². The molecule has 0 saturated heterocycles. The Morgan fingerprint density at radius 2 is 0.978 bits per heavy atom. The fourth-order valence-electron chi connectivity index (χ4n) is 6.19. The monoisotopic (exact) mass is 596 g/mol. The van der Waals surface area contributed by atoms with Crippen LogP contribution in [-0.4, -0.2) is 19.5 Å². The van der Waals surface area contributed by atoms with Crippen LogP contribution in [0.5, 0.6) is 0 Å². The fraction of sp³-hybridized carbons (Fsp3) is 0.0488. The Morgan fingerprint density at radius 3 is 1.54 bits per heavy atom. The molecule has 0 aliphatic heterocycles. The molecule has 0 atom stereocenters. The third kappa shape index (κ3) is 4.92. The van der Waals surface area contributed by atoms with Gasteiger partial charge in [0.25, 0.3) is 0 Å². The zero-order valence-electron chi connectivity index (χ0n) is 25.4. The highest BCUT2D eigenvalue weighted by Crippen LogP contribution is 2.39. The summed E-state index contributed by atoms with van der Waals surface area (Å²) in [5.41, 5.74) is 9.79. The lowest BCUT2D eigenvalue weighted by Crippen LogP contribution is -2.04. The summed E-state index contributed by atoms with van der Waals surface area (Å²) in [7, 11) is 0. The van der Waals surface area contributed by atoms with Gasteiger partial charge >= 0.3 is 0 Å². The second kappa shape index (κ2) is 11.2. The van der Waals surface area contributed by atoms with Crippen molar-refractivity contribution in [1.82, 2.24) is 19.5 Å². The summed E-state index contributed by atoms with van der Waals surface area (Å²) in [5.74, 6) is 1.47. The Bertz CT molecular complexity index is 2280. The third-order valence-electron chi connectivity index (χ3n) is 8.41. The van der Waals surface area contributed by atoms with E-state index in [0.29, 0.717) is 17.5 Å². The number of benzene rings is 6. The molecule has 6 aromatic carbocycles. The van der Waals surface area contributed by atoms with Crippen LogP contribution in [0.4, 0.5) is 4.39 Å². The van der Waals surface area contributed by atoms with E-state index in [1.54, 1.807) is 12.1 Å². The molecule has 0 N–H and O–H groups in total. The van der Waals surface area contributed by atoms with Crippen LogP contribution in [0.15, 0.2) is 140 Å². The van der Waals surface area contributed by atoms with Crippen LogP contribution >= 0.6 is 0 Å². The predicted octanol–water partition coefficient (Wildman–Crippen LogP) is 10.4. The van der Waals surface area contributed by atoms with Crippen molar-refractivity contribution >= 4 is 21.8 Å². The van der Waals surface area contributed by atoms with E-state index in [2.05, 4.69) is 66.9 Å². The zero-order chi connectivity index (χ0) is 31.2. The molecule has 0 saturated carbocycles. The Morgan fingerprint density at radius 1 is 0.457 bits per heavy atom. The van der Waals surface area contributed by atoms with Crippen LogP contribution in [0.25, 0.3) is 72.8 Å². The molecule has 8 aromatic rings. The Hall–Kier alpha value is -5.94. The van der Waals surface area contributed by atoms with Crippen molar-refractivity contribution in [3.05, 3.63) is 156 Å². The van der Waals surface area contributed by atoms with E-state index < -0.39 is 0 Å². The van der Waals surface area contributed by atoms with Gasteiger partial charge in [0.05, 0.1) is 16.7 Å². The minimum absolute atomic E-state index is 0.275. The third-order valence-corrected chi connectivity index (χ3v) is 8.41. The van der Waals surface area contributed by atoms with Crippen molar-refractivity contribution in [1.29, 1.82) is 0 Å². The molecule has 0 unspecified atom stereocenters. The molecule has 0 spiro atoms. The SMILES string of the molecule is Cc1ccc2c(c1)c1cc(C)ccc1n2-c1cc(-c2cccc(F)c2)ccc1-c1nc(-c2ccccc2)nc(-c2ccccc2)n1. The van der Waals surface area contributed by atoms with E-state index in [-0.39, 0.29) is 5.82 Å². The highest BCUT2D eigenvalue weighted by molar-refractivity contribution is 6.10. The van der Waals surface area contributed by atoms with Crippen molar-refractivity contribution in [2.24, 2.45) is 0 Å². The van der Waals surface area contributed by atoms with E-state index in [9.17, 15) is 4.39 Å². The maximum atomic E-state index is 14.4. The summed E-state index contributed by atoms with van der Waals surface area (Å²) >= 11 is 0. The highest BCUT2D eigenvalue weighted by atomic mass is 19.1. The molecule has 0 bridgehead atoms. The van der Waals surface area contributed by atoms with E-state index in [4.69, 9.17) is 15.0 Å². The highest BCUT2D eigenvalue weighted by Gasteiger charge is 2.20. The van der Waals surface area contributed by atoms with Gasteiger partial charge in [-0.25, -0.2) is 19.3 Å². The molecule has 2 aromatic heterocycles. The van der Waals surface area contributed by atoms with Gasteiger partial charge < -0.3 is 4.57 Å². The van der Waals surface area contributed by atoms with E-state index in [0.717, 1.165) is 44.5 Å². The van der Waals surface area contributed by atoms with E-state index in [1.807, 2.05) is 72.8 Å². The Labute approximate surface area is 266 Å². The minimum atomic E-state index is -0.275. The number of aromatic nitrogens is 4. The standard InChI is InChI=1S/C41H29FN4/c1-26-16-20-36-34(22-26)35-23-27(2)17-21-37(35)46(36)38-25-31(30-14-9-15-32(42)24-30)18-19-33(38)41-44-39(28-10-5-3-6-11-28)43-40(45-41)29-12-7-4-8-13-29/h3-25H,1-2H3. The number of hydrogen-bond acceptors (Lipinski definition) is 3. The summed E-state index contributed by atoms with van der Waals surface area (Å²) in [6, 6.07) is 46.0. The topological polar surface area (TPSA) is 43.6 Å². The molecule has 0 fully saturated rings. The first-order valence-corrected chi connectivity index (χ1v) is 15.3. The Kier molecular flexibility index (Phi) is 6.72. The number of nitrogens with zero attached hydrogens (tertiary/aromatic N) is 4. The smallest absolute Gasteiger partial charge is 0.166 e. The van der Waals surface area contributed by atoms with Crippen LogP contribution in [-0.2, 0) is 0 Å². The Balaban J connectivity index is 1.46. The van der Waals surface area contributed by atoms with Crippen LogP contribution < -0.4 is 0 Å². The van der Waals surface area contributed by atoms with Crippen LogP contribution in [0.2, 0.25) is 0 Å². The van der Waals surface area contributed by atoms with E-state index in [1.165, 1.54) is 28.0 Å². The molecule has 46 heavy (non-hydrogen) atoms. The first-order chi connectivity index (χ1) is 22.5. The van der Waals surface area contributed by atoms with Gasteiger partial charge in [-0.05, 0) is 73.5 Å². The molecular weight excluding hydrogens is 567 g/mol. The average Bonchev–Trinajstić information content (AvgIpc) is 3.41. The fourth-order valence-corrected chi connectivity index (χ4v) is 6.19. The maximum absolute atomic E-state index is 14.4. The largest absolute Gasteiger partial charge is 0.308 e. The number of aryl methyl sites for hydroxylation is 2. The first-order valence-electron chi connectivity index (χ1n) is 15.3. The number of rotatable bonds is 5. The number of halogens is 1. The lowest BCUT2D eigenvalue weighted by molar-refractivity contribution is 0.628. The molecule has 220 valence electrons. The maximum Gasteiger partial charge on any atom is 0.166 e. The van der Waals surface area contributed by atoms with Gasteiger partial charge in [-0.2, -0.15) is 0 Å². The van der Waals surface area contributed by atoms with Gasteiger partial charge in [0.15, 0.2) is 17.5 Å². The molecule has 0 amide bonds. The van der Waals surface area contributed by atoms with Crippen LogP contribution in [0, 0.1) is 19.7 Å². The van der Waals surface area contributed by atoms with Crippen molar-refractivity contribution in [2.45, 2.75) is 13.8 Å². The number of hydrogen-bond donors (Lipinski definition) is 0. The minimum Gasteiger partial charge on any atom is -0.308 e. The van der Waals surface area contributed by atoms with Crippen molar-refractivity contribution in [3.8, 4) is 51.0 Å². The summed E-state index contributed by atoms with van der Waals surface area (Å²) in [6.07, 6.45) is 0. The van der Waals surface area contributed by atoms with Gasteiger partial charge in [0, 0.05) is 27.5 Å². The summed E-state index contributed by atoms with van der Waals surface area (Å²) in [4.78, 5) is 15.1. The molecule has 2 heterocycles. The van der Waals surface area contributed by atoms with Gasteiger partial charge in [-0.15, -0.1) is 0 Å². The van der Waals surface area contributed by atoms with Crippen molar-refractivity contribution in [2.75, 3.05) is 0 Å². The molecule has 4 nitrogen and oxygen atoms in total. The quantitative estimate of drug-likeness (QED) is 0.199. The lowest BCUT2D eigenvalue weighted by atomic mass is 10.0. The molecule has 5 heteroatoms. The molecule has 0 aliphatic carbocycles. The second-order valence-corrected chi connectivity index (χ2v) is 11.7. The molecule has 0 radical (unpaired) electrons. The summed E-state index contributed by atoms with van der Waals surface area (Å²) in [5, 5.41) is 2.35. The molecule has 0 aliphatic rings. The summed E-state index contributed by atoms with van der Waals surface area (Å²) < 4.78 is 16.7. The van der Waals surface area contributed by atoms with Gasteiger partial charge in [0.1, 0.15) is 5.82 Å². The zero-order valence-corrected chi connectivity index (χ0v) is 25.4. The van der Waals surface area contributed by atoms with Crippen molar-refractivity contribution in [3.63, 3.8) is 0 Å². The van der Waals surface area contributed by atoms with Gasteiger partial charge in [-0.3, -0.25) is 0 Å². The molecule has 8 rings (SSSR count). The number of fused-ring (bicyclic) bond motifs is 3. The molecular formula is C41H29FN4. The van der Waals surface area contributed by atoms with Crippen LogP contribution in [0.3, 0.4) is 0 Å². The predicted molar refractivity (Wildman–Crippen MR) is 185 cm³/mol. The van der Waals surface area contributed by atoms with E-state index >= 15 is 0 Å². The average molecular weight is 597 g/mol. The summed E-state index contributed by atoms with van der Waals surface area (Å²) in [6.45, 7) is 4.24. The van der Waals surface area contributed by atoms with Crippen LogP contribution in [0.1, 0.15) is 11.1 Å².